The molecule has 3 aliphatic rings. The van der Waals surface area contributed by atoms with Gasteiger partial charge in [-0.3, -0.25) is 14.5 Å². The zero-order valence-corrected chi connectivity index (χ0v) is 17.0. The van der Waals surface area contributed by atoms with Crippen LogP contribution in [0.25, 0.3) is 0 Å². The average molecular weight is 405 g/mol. The number of carbonyl (C=O) groups is 2. The number of halogens is 2. The summed E-state index contributed by atoms with van der Waals surface area (Å²) in [6.07, 6.45) is 6.36. The zero-order valence-electron chi connectivity index (χ0n) is 17.0. The second kappa shape index (κ2) is 8.50. The van der Waals surface area contributed by atoms with Gasteiger partial charge in [0.05, 0.1) is 12.1 Å². The number of hydrogen-bond donors (Lipinski definition) is 1. The van der Waals surface area contributed by atoms with E-state index < -0.39 is 11.6 Å². The van der Waals surface area contributed by atoms with Gasteiger partial charge in [-0.15, -0.1) is 0 Å². The molecule has 2 aliphatic carbocycles. The van der Waals surface area contributed by atoms with Crippen LogP contribution in [0.5, 0.6) is 0 Å². The van der Waals surface area contributed by atoms with E-state index >= 15 is 0 Å². The van der Waals surface area contributed by atoms with Gasteiger partial charge in [-0.05, 0) is 88.1 Å². The topological polar surface area (TPSA) is 49.4 Å². The van der Waals surface area contributed by atoms with E-state index in [-0.39, 0.29) is 29.2 Å². The Morgan fingerprint density at radius 1 is 1.14 bits per heavy atom. The molecule has 4 nitrogen and oxygen atoms in total. The van der Waals surface area contributed by atoms with Gasteiger partial charge in [0.15, 0.2) is 5.78 Å². The maximum atomic E-state index is 13.9. The maximum Gasteiger partial charge on any atom is 0.234 e. The predicted octanol–water partition coefficient (Wildman–Crippen LogP) is 3.80. The summed E-state index contributed by atoms with van der Waals surface area (Å²) in [5.41, 5.74) is -0.166. The quantitative estimate of drug-likeness (QED) is 0.734. The van der Waals surface area contributed by atoms with Crippen molar-refractivity contribution in [1.82, 2.24) is 10.2 Å². The van der Waals surface area contributed by atoms with E-state index in [0.29, 0.717) is 38.4 Å². The van der Waals surface area contributed by atoms with Gasteiger partial charge in [0, 0.05) is 12.0 Å². The van der Waals surface area contributed by atoms with Crippen molar-refractivity contribution in [2.75, 3.05) is 19.6 Å². The van der Waals surface area contributed by atoms with Crippen molar-refractivity contribution in [3.05, 3.63) is 35.4 Å². The lowest BCUT2D eigenvalue weighted by Gasteiger charge is -2.32. The number of piperidine rings is 1. The zero-order chi connectivity index (χ0) is 20.5. The normalized spacial score (nSPS) is 28.4. The van der Waals surface area contributed by atoms with Gasteiger partial charge in [-0.25, -0.2) is 8.78 Å². The van der Waals surface area contributed by atoms with Gasteiger partial charge in [-0.2, -0.15) is 0 Å². The van der Waals surface area contributed by atoms with Gasteiger partial charge < -0.3 is 5.32 Å². The van der Waals surface area contributed by atoms with Gasteiger partial charge in [0.25, 0.3) is 0 Å². The monoisotopic (exact) mass is 404 g/mol. The largest absolute Gasteiger partial charge is 0.352 e. The minimum atomic E-state index is -0.673. The number of carbonyl (C=O) groups excluding carboxylic acids is 2. The van der Waals surface area contributed by atoms with E-state index in [4.69, 9.17) is 0 Å². The second-order valence-corrected chi connectivity index (χ2v) is 9.23. The van der Waals surface area contributed by atoms with Crippen molar-refractivity contribution < 1.29 is 18.4 Å². The molecular formula is C23H30F2N2O2. The number of likely N-dealkylation sites (tertiary alicyclic amines) is 1. The fraction of sp³-hybridized carbons (Fsp3) is 0.652. The second-order valence-electron chi connectivity index (χ2n) is 9.23. The van der Waals surface area contributed by atoms with Crippen LogP contribution in [0.3, 0.4) is 0 Å². The van der Waals surface area contributed by atoms with E-state index in [1.54, 1.807) is 0 Å². The molecule has 6 heteroatoms. The third-order valence-electron chi connectivity index (χ3n) is 7.34. The molecule has 4 rings (SSSR count). The number of benzene rings is 1. The lowest BCUT2D eigenvalue weighted by Crippen LogP contribution is -2.47. The summed E-state index contributed by atoms with van der Waals surface area (Å²) >= 11 is 0. The standard InChI is InChI=1S/C23H30F2N2O2/c1-14(19-11-15-2-3-17(19)10-15)26-22(28)13-27-8-6-16(7-9-27)23(29)20-12-18(24)4-5-21(20)25/h4-5,12,14-17,19H,2-3,6-11,13H2,1H3,(H,26,28)/t14-,15-,17-,19+/m0/s1. The van der Waals surface area contributed by atoms with Crippen molar-refractivity contribution >= 4 is 11.7 Å². The Hall–Kier alpha value is -1.82. The van der Waals surface area contributed by atoms with Crippen molar-refractivity contribution in [2.24, 2.45) is 23.7 Å². The summed E-state index contributed by atoms with van der Waals surface area (Å²) in [6, 6.07) is 3.21. The first-order valence-corrected chi connectivity index (χ1v) is 10.9. The number of ketones is 1. The molecule has 0 aromatic heterocycles. The Morgan fingerprint density at radius 3 is 2.55 bits per heavy atom. The van der Waals surface area contributed by atoms with Crippen molar-refractivity contribution in [3.63, 3.8) is 0 Å². The molecule has 4 atom stereocenters. The highest BCUT2D eigenvalue weighted by Crippen LogP contribution is 2.49. The Balaban J connectivity index is 1.24. The molecule has 0 radical (unpaired) electrons. The number of amides is 1. The van der Waals surface area contributed by atoms with Crippen molar-refractivity contribution in [3.8, 4) is 0 Å². The number of nitrogens with one attached hydrogen (secondary N) is 1. The summed E-state index contributed by atoms with van der Waals surface area (Å²) in [6.45, 7) is 3.69. The molecule has 2 bridgehead atoms. The molecule has 29 heavy (non-hydrogen) atoms. The number of Topliss-reactive ketones (excluding diaryl/α,β-unsaturated/α-hetero) is 1. The SMILES string of the molecule is C[C@H](NC(=O)CN1CCC(C(=O)c2cc(F)ccc2F)CC1)[C@H]1C[C@H]2CC[C@H]1C2. The van der Waals surface area contributed by atoms with Gasteiger partial charge in [-0.1, -0.05) is 6.42 Å². The molecule has 2 saturated carbocycles. The van der Waals surface area contributed by atoms with Crippen LogP contribution in [0.1, 0.15) is 55.8 Å². The molecule has 1 amide bonds. The number of hydrogen-bond acceptors (Lipinski definition) is 3. The molecule has 1 aromatic rings. The van der Waals surface area contributed by atoms with Gasteiger partial charge >= 0.3 is 0 Å². The van der Waals surface area contributed by atoms with Crippen LogP contribution in [0.4, 0.5) is 8.78 Å². The summed E-state index contributed by atoms with van der Waals surface area (Å²) < 4.78 is 27.3. The Kier molecular flexibility index (Phi) is 6.00. The lowest BCUT2D eigenvalue weighted by molar-refractivity contribution is -0.123. The van der Waals surface area contributed by atoms with Crippen molar-refractivity contribution in [2.45, 2.75) is 51.5 Å². The molecule has 1 aromatic carbocycles. The third kappa shape index (κ3) is 4.52. The number of rotatable bonds is 6. The first kappa shape index (κ1) is 20.5. The molecule has 158 valence electrons. The van der Waals surface area contributed by atoms with Crippen LogP contribution in [0, 0.1) is 35.3 Å². The van der Waals surface area contributed by atoms with Crippen LogP contribution in [-0.4, -0.2) is 42.3 Å². The highest BCUT2D eigenvalue weighted by Gasteiger charge is 2.42. The van der Waals surface area contributed by atoms with Crippen LogP contribution in [-0.2, 0) is 4.79 Å². The summed E-state index contributed by atoms with van der Waals surface area (Å²) in [4.78, 5) is 27.1. The molecule has 3 fully saturated rings. The Bertz CT molecular complexity index is 776. The van der Waals surface area contributed by atoms with Crippen molar-refractivity contribution in [1.29, 1.82) is 0 Å². The molecule has 1 N–H and O–H groups in total. The smallest absolute Gasteiger partial charge is 0.234 e. The molecule has 1 aliphatic heterocycles. The van der Waals surface area contributed by atoms with Gasteiger partial charge in [0.1, 0.15) is 11.6 Å². The molecule has 0 spiro atoms. The summed E-state index contributed by atoms with van der Waals surface area (Å²) in [5.74, 6) is 0.364. The minimum absolute atomic E-state index is 0.0428. The Labute approximate surface area is 171 Å². The van der Waals surface area contributed by atoms with Crippen LogP contribution in [0.2, 0.25) is 0 Å². The highest BCUT2D eigenvalue weighted by atomic mass is 19.1. The lowest BCUT2D eigenvalue weighted by atomic mass is 9.84. The fourth-order valence-corrected chi connectivity index (χ4v) is 5.78. The summed E-state index contributed by atoms with van der Waals surface area (Å²) in [7, 11) is 0. The average Bonchev–Trinajstić information content (AvgIpc) is 3.33. The van der Waals surface area contributed by atoms with E-state index in [1.807, 2.05) is 0 Å². The van der Waals surface area contributed by atoms with E-state index in [0.717, 1.165) is 30.0 Å². The van der Waals surface area contributed by atoms with Crippen LogP contribution < -0.4 is 5.32 Å². The first-order valence-electron chi connectivity index (χ1n) is 10.9. The first-order chi connectivity index (χ1) is 13.9. The Morgan fingerprint density at radius 2 is 1.90 bits per heavy atom. The highest BCUT2D eigenvalue weighted by molar-refractivity contribution is 5.98. The fourth-order valence-electron chi connectivity index (χ4n) is 5.78. The number of nitrogens with zero attached hydrogens (tertiary/aromatic N) is 1. The summed E-state index contributed by atoms with van der Waals surface area (Å²) in [5, 5.41) is 3.19. The van der Waals surface area contributed by atoms with Gasteiger partial charge in [0.2, 0.25) is 5.91 Å². The molecular weight excluding hydrogens is 374 g/mol. The maximum absolute atomic E-state index is 13.9. The number of fused-ring (bicyclic) bond motifs is 2. The molecule has 1 saturated heterocycles. The van der Waals surface area contributed by atoms with E-state index in [9.17, 15) is 18.4 Å². The van der Waals surface area contributed by atoms with E-state index in [2.05, 4.69) is 17.1 Å². The van der Waals surface area contributed by atoms with E-state index in [1.165, 1.54) is 25.7 Å². The molecule has 0 unspecified atom stereocenters. The van der Waals surface area contributed by atoms with Crippen LogP contribution in [0.15, 0.2) is 18.2 Å². The molecule has 1 heterocycles. The third-order valence-corrected chi connectivity index (χ3v) is 7.34. The predicted molar refractivity (Wildman–Crippen MR) is 106 cm³/mol. The van der Waals surface area contributed by atoms with Crippen LogP contribution >= 0.6 is 0 Å². The minimum Gasteiger partial charge on any atom is -0.352 e.